The number of hydrogen-bond donors (Lipinski definition) is 2. The van der Waals surface area contributed by atoms with Gasteiger partial charge < -0.3 is 20.7 Å². The van der Waals surface area contributed by atoms with Gasteiger partial charge in [-0.15, -0.1) is 0 Å². The van der Waals surface area contributed by atoms with E-state index in [-0.39, 0.29) is 18.1 Å². The van der Waals surface area contributed by atoms with Crippen LogP contribution in [0.15, 0.2) is 29.3 Å². The first kappa shape index (κ1) is 17.3. The number of ether oxygens (including phenoxy) is 1. The molecular weight excluding hydrogens is 292 g/mol. The van der Waals surface area contributed by atoms with Crippen molar-refractivity contribution < 1.29 is 9.53 Å². The van der Waals surface area contributed by atoms with Gasteiger partial charge in [0.05, 0.1) is 12.6 Å². The van der Waals surface area contributed by atoms with Crippen LogP contribution in [0.4, 0.5) is 5.69 Å². The number of nitrogens with zero attached hydrogens (tertiary/aromatic N) is 2. The first-order valence-corrected chi connectivity index (χ1v) is 8.02. The number of aliphatic imine (C=N–C) groups is 1. The van der Waals surface area contributed by atoms with Gasteiger partial charge in [0.25, 0.3) is 5.91 Å². The molecule has 0 bridgehead atoms. The Bertz CT molecular complexity index is 554. The molecule has 0 spiro atoms. The Morgan fingerprint density at radius 3 is 2.65 bits per heavy atom. The molecule has 6 heteroatoms. The number of nitrogens with two attached hydrogens (primary N) is 1. The highest BCUT2D eigenvalue weighted by molar-refractivity contribution is 5.92. The Balaban J connectivity index is 1.82. The number of hydrogen-bond acceptors (Lipinski definition) is 3. The van der Waals surface area contributed by atoms with Gasteiger partial charge in [-0.1, -0.05) is 19.1 Å². The highest BCUT2D eigenvalue weighted by atomic mass is 16.5. The van der Waals surface area contributed by atoms with Crippen molar-refractivity contribution in [1.82, 2.24) is 4.90 Å². The first-order chi connectivity index (χ1) is 11.0. The van der Waals surface area contributed by atoms with Crippen molar-refractivity contribution in [3.63, 3.8) is 0 Å². The summed E-state index contributed by atoms with van der Waals surface area (Å²) < 4.78 is 5.73. The lowest BCUT2D eigenvalue weighted by atomic mass is 10.1. The number of nitrogens with one attached hydrogen (secondary N) is 1. The molecule has 2 unspecified atom stereocenters. The maximum Gasteiger partial charge on any atom is 0.251 e. The third kappa shape index (κ3) is 4.96. The third-order valence-electron chi connectivity index (χ3n) is 3.92. The predicted molar refractivity (Wildman–Crippen MR) is 92.5 cm³/mol. The quantitative estimate of drug-likeness (QED) is 0.638. The lowest BCUT2D eigenvalue weighted by molar-refractivity contribution is -0.140. The number of likely N-dealkylation sites (N-methyl/N-ethyl adjacent to an activating group) is 1. The second-order valence-corrected chi connectivity index (χ2v) is 5.96. The maximum absolute atomic E-state index is 11.9. The lowest BCUT2D eigenvalue weighted by Gasteiger charge is -2.16. The molecule has 1 amide bonds. The molecule has 1 fully saturated rings. The minimum absolute atomic E-state index is 0.0126. The van der Waals surface area contributed by atoms with Crippen LogP contribution in [-0.4, -0.2) is 49.6 Å². The van der Waals surface area contributed by atoms with Gasteiger partial charge in [0.15, 0.2) is 5.96 Å². The van der Waals surface area contributed by atoms with E-state index >= 15 is 0 Å². The highest BCUT2D eigenvalue weighted by Crippen LogP contribution is 2.21. The summed E-state index contributed by atoms with van der Waals surface area (Å²) in [4.78, 5) is 17.7. The molecule has 6 nitrogen and oxygen atoms in total. The summed E-state index contributed by atoms with van der Waals surface area (Å²) >= 11 is 0. The van der Waals surface area contributed by atoms with E-state index in [0.717, 1.165) is 24.9 Å². The smallest absolute Gasteiger partial charge is 0.251 e. The van der Waals surface area contributed by atoms with Crippen LogP contribution in [0.25, 0.3) is 0 Å². The Kier molecular flexibility index (Phi) is 5.98. The van der Waals surface area contributed by atoms with E-state index in [1.807, 2.05) is 12.1 Å². The van der Waals surface area contributed by atoms with Crippen LogP contribution < -0.4 is 11.1 Å². The molecule has 1 aliphatic heterocycles. The molecule has 0 aliphatic carbocycles. The molecule has 2 atom stereocenters. The van der Waals surface area contributed by atoms with Crippen LogP contribution in [0.3, 0.4) is 0 Å². The van der Waals surface area contributed by atoms with Gasteiger partial charge in [-0.05, 0) is 37.0 Å². The van der Waals surface area contributed by atoms with Crippen molar-refractivity contribution in [3.8, 4) is 0 Å². The van der Waals surface area contributed by atoms with Crippen molar-refractivity contribution in [1.29, 1.82) is 0 Å². The van der Waals surface area contributed by atoms with Crippen LogP contribution in [0.2, 0.25) is 0 Å². The fraction of sp³-hybridized carbons (Fsp3) is 0.529. The summed E-state index contributed by atoms with van der Waals surface area (Å²) in [5.74, 6) is 0.374. The van der Waals surface area contributed by atoms with E-state index in [1.165, 1.54) is 5.56 Å². The molecule has 1 aromatic rings. The van der Waals surface area contributed by atoms with Gasteiger partial charge in [0.2, 0.25) is 0 Å². The topological polar surface area (TPSA) is 79.9 Å². The molecule has 0 aromatic heterocycles. The number of anilines is 1. The highest BCUT2D eigenvalue weighted by Gasteiger charge is 2.31. The third-order valence-corrected chi connectivity index (χ3v) is 3.92. The molecule has 23 heavy (non-hydrogen) atoms. The summed E-state index contributed by atoms with van der Waals surface area (Å²) in [6.07, 6.45) is 2.18. The van der Waals surface area contributed by atoms with E-state index < -0.39 is 0 Å². The standard InChI is InChI=1S/C17H26N4O2/c1-4-12-5-7-13(8-6-12)20-17(18)19-11-14-9-10-15(23-14)16(22)21(2)3/h5-8,14-15H,4,9-11H2,1-3H3,(H3,18,19,20). The van der Waals surface area contributed by atoms with E-state index in [1.54, 1.807) is 19.0 Å². The van der Waals surface area contributed by atoms with Crippen molar-refractivity contribution in [2.75, 3.05) is 26.0 Å². The number of benzene rings is 1. The zero-order valence-electron chi connectivity index (χ0n) is 14.1. The summed E-state index contributed by atoms with van der Waals surface area (Å²) in [7, 11) is 3.48. The summed E-state index contributed by atoms with van der Waals surface area (Å²) in [6.45, 7) is 2.58. The zero-order valence-corrected chi connectivity index (χ0v) is 14.1. The zero-order chi connectivity index (χ0) is 16.8. The van der Waals surface area contributed by atoms with Gasteiger partial charge in [-0.3, -0.25) is 9.79 Å². The number of rotatable bonds is 5. The van der Waals surface area contributed by atoms with Gasteiger partial charge in [0.1, 0.15) is 6.10 Å². The van der Waals surface area contributed by atoms with Gasteiger partial charge in [-0.25, -0.2) is 0 Å². The first-order valence-electron chi connectivity index (χ1n) is 8.02. The fourth-order valence-electron chi connectivity index (χ4n) is 2.52. The minimum Gasteiger partial charge on any atom is -0.370 e. The number of carbonyl (C=O) groups is 1. The molecule has 1 aliphatic rings. The van der Waals surface area contributed by atoms with Crippen molar-refractivity contribution in [2.24, 2.45) is 10.7 Å². The van der Waals surface area contributed by atoms with E-state index in [9.17, 15) is 4.79 Å². The van der Waals surface area contributed by atoms with Gasteiger partial charge in [0, 0.05) is 19.8 Å². The van der Waals surface area contributed by atoms with Crippen LogP contribution >= 0.6 is 0 Å². The number of amides is 1. The maximum atomic E-state index is 11.9. The largest absolute Gasteiger partial charge is 0.370 e. The summed E-state index contributed by atoms with van der Waals surface area (Å²) in [5.41, 5.74) is 8.10. The monoisotopic (exact) mass is 318 g/mol. The van der Waals surface area contributed by atoms with Gasteiger partial charge in [-0.2, -0.15) is 0 Å². The number of aryl methyl sites for hydroxylation is 1. The Morgan fingerprint density at radius 2 is 2.04 bits per heavy atom. The second kappa shape index (κ2) is 7.97. The normalized spacial score (nSPS) is 21.3. The number of carbonyl (C=O) groups excluding carboxylic acids is 1. The Hall–Kier alpha value is -2.08. The molecule has 126 valence electrons. The van der Waals surface area contributed by atoms with Crippen LogP contribution in [-0.2, 0) is 16.0 Å². The minimum atomic E-state index is -0.346. The second-order valence-electron chi connectivity index (χ2n) is 5.96. The summed E-state index contributed by atoms with van der Waals surface area (Å²) in [5, 5.41) is 3.07. The Morgan fingerprint density at radius 1 is 1.35 bits per heavy atom. The van der Waals surface area contributed by atoms with Crippen LogP contribution in [0, 0.1) is 0 Å². The summed E-state index contributed by atoms with van der Waals surface area (Å²) in [6, 6.07) is 8.10. The number of guanidine groups is 1. The van der Waals surface area contributed by atoms with Crippen molar-refractivity contribution in [2.45, 2.75) is 38.4 Å². The van der Waals surface area contributed by atoms with E-state index in [4.69, 9.17) is 10.5 Å². The van der Waals surface area contributed by atoms with Crippen LogP contribution in [0.1, 0.15) is 25.3 Å². The fourth-order valence-corrected chi connectivity index (χ4v) is 2.52. The van der Waals surface area contributed by atoms with E-state index in [0.29, 0.717) is 12.5 Å². The lowest BCUT2D eigenvalue weighted by Crippen LogP contribution is -2.34. The molecule has 1 aromatic carbocycles. The molecular formula is C17H26N4O2. The van der Waals surface area contributed by atoms with Crippen molar-refractivity contribution in [3.05, 3.63) is 29.8 Å². The molecule has 1 heterocycles. The average molecular weight is 318 g/mol. The molecule has 3 N–H and O–H groups in total. The molecule has 0 saturated carbocycles. The molecule has 1 saturated heterocycles. The van der Waals surface area contributed by atoms with E-state index in [2.05, 4.69) is 29.4 Å². The Labute approximate surface area is 137 Å². The SMILES string of the molecule is CCc1ccc(NC(N)=NCC2CCC(C(=O)N(C)C)O2)cc1. The van der Waals surface area contributed by atoms with Crippen molar-refractivity contribution >= 4 is 17.6 Å². The molecule has 2 rings (SSSR count). The molecule has 0 radical (unpaired) electrons. The predicted octanol–water partition coefficient (Wildman–Crippen LogP) is 1.61. The van der Waals surface area contributed by atoms with Gasteiger partial charge >= 0.3 is 0 Å². The average Bonchev–Trinajstić information content (AvgIpc) is 3.01. The van der Waals surface area contributed by atoms with Crippen LogP contribution in [0.5, 0.6) is 0 Å².